The Hall–Kier alpha value is -0.880. The van der Waals surface area contributed by atoms with Crippen molar-refractivity contribution in [2.75, 3.05) is 31.6 Å². The molecule has 0 bridgehead atoms. The van der Waals surface area contributed by atoms with Crippen LogP contribution in [-0.2, 0) is 6.54 Å². The van der Waals surface area contributed by atoms with E-state index >= 15 is 0 Å². The van der Waals surface area contributed by atoms with Gasteiger partial charge in [0, 0.05) is 32.2 Å². The van der Waals surface area contributed by atoms with E-state index in [1.807, 2.05) is 0 Å². The molecule has 0 saturated carbocycles. The van der Waals surface area contributed by atoms with Crippen molar-refractivity contribution < 1.29 is 0 Å². The van der Waals surface area contributed by atoms with E-state index in [1.165, 1.54) is 0 Å². The maximum atomic E-state index is 5.21. The molecule has 2 heterocycles. The van der Waals surface area contributed by atoms with Gasteiger partial charge in [-0.2, -0.15) is 0 Å². The number of nitrogens with one attached hydrogen (secondary N) is 1. The fourth-order valence-corrected chi connectivity index (χ4v) is 2.51. The topological polar surface area (TPSA) is 40.1 Å². The molecule has 0 radical (unpaired) electrons. The van der Waals surface area contributed by atoms with Crippen molar-refractivity contribution in [3.8, 4) is 0 Å². The number of hydrogen-bond donors (Lipinski definition) is 1. The summed E-state index contributed by atoms with van der Waals surface area (Å²) in [4.78, 5) is 4.68. The first kappa shape index (κ1) is 11.6. The first-order valence-electron chi connectivity index (χ1n) is 5.74. The molecule has 0 amide bonds. The first-order chi connectivity index (χ1) is 7.63. The van der Waals surface area contributed by atoms with Crippen LogP contribution in [0.5, 0.6) is 0 Å². The van der Waals surface area contributed by atoms with Crippen LogP contribution in [-0.4, -0.2) is 52.4 Å². The van der Waals surface area contributed by atoms with E-state index in [0.717, 1.165) is 32.1 Å². The molecule has 1 aliphatic heterocycles. The fourth-order valence-electron chi connectivity index (χ4n) is 2.25. The molecule has 90 valence electrons. The molecule has 0 spiro atoms. The zero-order valence-electron chi connectivity index (χ0n) is 10.1. The smallest absolute Gasteiger partial charge is 0.226 e. The van der Waals surface area contributed by atoms with Crippen LogP contribution in [0.3, 0.4) is 0 Å². The Balaban J connectivity index is 2.26. The minimum absolute atomic E-state index is 0.481. The maximum absolute atomic E-state index is 5.21. The lowest BCUT2D eigenvalue weighted by Gasteiger charge is -2.38. The van der Waals surface area contributed by atoms with Crippen LogP contribution in [0.1, 0.15) is 13.8 Å². The Morgan fingerprint density at radius 2 is 2.25 bits per heavy atom. The Morgan fingerprint density at radius 3 is 2.88 bits per heavy atom. The molecule has 6 heteroatoms. The van der Waals surface area contributed by atoms with E-state index in [9.17, 15) is 0 Å². The van der Waals surface area contributed by atoms with Crippen molar-refractivity contribution in [3.63, 3.8) is 0 Å². The Labute approximate surface area is 101 Å². The molecule has 1 aromatic heterocycles. The third-order valence-electron chi connectivity index (χ3n) is 3.14. The SMILES string of the molecule is CCn1c(N2CCN(C)CC2C)n[nH]c1=S. The molecule has 1 aliphatic rings. The number of aromatic amines is 1. The molecular weight excluding hydrogens is 222 g/mol. The molecule has 1 fully saturated rings. The number of H-pyrrole nitrogens is 1. The highest BCUT2D eigenvalue weighted by atomic mass is 32.1. The van der Waals surface area contributed by atoms with E-state index in [-0.39, 0.29) is 0 Å². The van der Waals surface area contributed by atoms with Gasteiger partial charge in [-0.3, -0.25) is 4.57 Å². The highest BCUT2D eigenvalue weighted by molar-refractivity contribution is 7.71. The molecule has 1 unspecified atom stereocenters. The predicted octanol–water partition coefficient (Wildman–Crippen LogP) is 1.10. The molecule has 1 N–H and O–H groups in total. The molecule has 0 aliphatic carbocycles. The van der Waals surface area contributed by atoms with Gasteiger partial charge >= 0.3 is 0 Å². The maximum Gasteiger partial charge on any atom is 0.226 e. The highest BCUT2D eigenvalue weighted by Crippen LogP contribution is 2.17. The van der Waals surface area contributed by atoms with E-state index in [1.54, 1.807) is 0 Å². The minimum Gasteiger partial charge on any atom is -0.336 e. The normalized spacial score (nSPS) is 22.7. The average molecular weight is 241 g/mol. The van der Waals surface area contributed by atoms with Crippen LogP contribution >= 0.6 is 12.2 Å². The van der Waals surface area contributed by atoms with Gasteiger partial charge in [-0.15, -0.1) is 5.10 Å². The van der Waals surface area contributed by atoms with Crippen LogP contribution in [0.25, 0.3) is 0 Å². The molecule has 1 atom stereocenters. The van der Waals surface area contributed by atoms with Crippen LogP contribution in [0, 0.1) is 4.77 Å². The molecule has 16 heavy (non-hydrogen) atoms. The van der Waals surface area contributed by atoms with Gasteiger partial charge in [-0.05, 0) is 33.1 Å². The summed E-state index contributed by atoms with van der Waals surface area (Å²) in [6.45, 7) is 8.35. The van der Waals surface area contributed by atoms with E-state index < -0.39 is 0 Å². The largest absolute Gasteiger partial charge is 0.336 e. The van der Waals surface area contributed by atoms with E-state index in [2.05, 4.69) is 45.5 Å². The summed E-state index contributed by atoms with van der Waals surface area (Å²) in [5, 5.41) is 7.22. The van der Waals surface area contributed by atoms with Crippen molar-refractivity contribution >= 4 is 18.2 Å². The second-order valence-corrected chi connectivity index (χ2v) is 4.76. The Bertz CT molecular complexity index is 410. The monoisotopic (exact) mass is 241 g/mol. The first-order valence-corrected chi connectivity index (χ1v) is 6.14. The lowest BCUT2D eigenvalue weighted by Crippen LogP contribution is -2.51. The number of rotatable bonds is 2. The fraction of sp³-hybridized carbons (Fsp3) is 0.800. The van der Waals surface area contributed by atoms with E-state index in [4.69, 9.17) is 12.2 Å². The van der Waals surface area contributed by atoms with Crippen molar-refractivity contribution in [2.45, 2.75) is 26.4 Å². The van der Waals surface area contributed by atoms with E-state index in [0.29, 0.717) is 10.8 Å². The van der Waals surface area contributed by atoms with Gasteiger partial charge in [0.2, 0.25) is 5.95 Å². The number of anilines is 1. The molecule has 1 aromatic rings. The Morgan fingerprint density at radius 1 is 1.50 bits per heavy atom. The minimum atomic E-state index is 0.481. The summed E-state index contributed by atoms with van der Waals surface area (Å²) in [5.41, 5.74) is 0. The van der Waals surface area contributed by atoms with Crippen LogP contribution < -0.4 is 4.90 Å². The summed E-state index contributed by atoms with van der Waals surface area (Å²) < 4.78 is 2.76. The third kappa shape index (κ3) is 1.99. The third-order valence-corrected chi connectivity index (χ3v) is 3.45. The quantitative estimate of drug-likeness (QED) is 0.787. The lowest BCUT2D eigenvalue weighted by atomic mass is 10.2. The molecular formula is C10H19N5S. The standard InChI is InChI=1S/C10H19N5S/c1-4-14-9(11-12-10(14)16)15-6-5-13(3)7-8(15)2/h8H,4-7H2,1-3H3,(H,12,16). The summed E-state index contributed by atoms with van der Waals surface area (Å²) >= 11 is 5.21. The Kier molecular flexibility index (Phi) is 3.30. The van der Waals surface area contributed by atoms with Gasteiger partial charge in [-0.1, -0.05) is 0 Å². The number of likely N-dealkylation sites (N-methyl/N-ethyl adjacent to an activating group) is 1. The van der Waals surface area contributed by atoms with Gasteiger partial charge in [0.1, 0.15) is 0 Å². The predicted molar refractivity (Wildman–Crippen MR) is 67.4 cm³/mol. The number of nitrogens with zero attached hydrogens (tertiary/aromatic N) is 4. The van der Waals surface area contributed by atoms with Crippen molar-refractivity contribution in [2.24, 2.45) is 0 Å². The van der Waals surface area contributed by atoms with Gasteiger partial charge in [0.25, 0.3) is 0 Å². The molecule has 2 rings (SSSR count). The zero-order chi connectivity index (χ0) is 11.7. The van der Waals surface area contributed by atoms with Crippen LogP contribution in [0.15, 0.2) is 0 Å². The number of aromatic nitrogens is 3. The second kappa shape index (κ2) is 4.55. The average Bonchev–Trinajstić information content (AvgIpc) is 2.59. The van der Waals surface area contributed by atoms with Gasteiger partial charge in [-0.25, -0.2) is 5.10 Å². The molecule has 1 saturated heterocycles. The second-order valence-electron chi connectivity index (χ2n) is 4.38. The summed E-state index contributed by atoms with van der Waals surface area (Å²) in [6, 6.07) is 0.481. The van der Waals surface area contributed by atoms with Crippen LogP contribution in [0.2, 0.25) is 0 Å². The molecule has 5 nitrogen and oxygen atoms in total. The van der Waals surface area contributed by atoms with Crippen molar-refractivity contribution in [1.29, 1.82) is 0 Å². The summed E-state index contributed by atoms with van der Waals surface area (Å²) in [7, 11) is 2.16. The number of piperazine rings is 1. The number of hydrogen-bond acceptors (Lipinski definition) is 4. The summed E-state index contributed by atoms with van der Waals surface area (Å²) in [6.07, 6.45) is 0. The van der Waals surface area contributed by atoms with Crippen molar-refractivity contribution in [3.05, 3.63) is 4.77 Å². The zero-order valence-corrected chi connectivity index (χ0v) is 10.9. The summed E-state index contributed by atoms with van der Waals surface area (Å²) in [5.74, 6) is 0.980. The molecule has 0 aromatic carbocycles. The van der Waals surface area contributed by atoms with Gasteiger partial charge < -0.3 is 9.80 Å². The highest BCUT2D eigenvalue weighted by Gasteiger charge is 2.25. The van der Waals surface area contributed by atoms with Gasteiger partial charge in [0.15, 0.2) is 4.77 Å². The van der Waals surface area contributed by atoms with Crippen molar-refractivity contribution in [1.82, 2.24) is 19.7 Å². The van der Waals surface area contributed by atoms with Gasteiger partial charge in [0.05, 0.1) is 0 Å². The van der Waals surface area contributed by atoms with Crippen LogP contribution in [0.4, 0.5) is 5.95 Å². The lowest BCUT2D eigenvalue weighted by molar-refractivity contribution is 0.272.